The third-order valence-corrected chi connectivity index (χ3v) is 2.28. The van der Waals surface area contributed by atoms with Crippen LogP contribution in [0.1, 0.15) is 22.8 Å². The average molecular weight is 224 g/mol. The van der Waals surface area contributed by atoms with Crippen molar-refractivity contribution < 1.29 is 24.1 Å². The molecule has 0 fully saturated rings. The van der Waals surface area contributed by atoms with E-state index in [1.165, 1.54) is 0 Å². The summed E-state index contributed by atoms with van der Waals surface area (Å²) in [6.07, 6.45) is 0. The zero-order valence-electron chi connectivity index (χ0n) is 8.86. The van der Waals surface area contributed by atoms with E-state index in [-0.39, 0.29) is 25.6 Å². The molecule has 5 nitrogen and oxygen atoms in total. The third kappa shape index (κ3) is 1.69. The van der Waals surface area contributed by atoms with Crippen LogP contribution in [0, 0.1) is 0 Å². The summed E-state index contributed by atoms with van der Waals surface area (Å²) in [7, 11) is 0. The van der Waals surface area contributed by atoms with Gasteiger partial charge < -0.3 is 19.3 Å². The van der Waals surface area contributed by atoms with Crippen molar-refractivity contribution >= 4 is 5.97 Å². The summed E-state index contributed by atoms with van der Waals surface area (Å²) < 4.78 is 15.3. The molecule has 0 aliphatic carbocycles. The van der Waals surface area contributed by atoms with E-state index in [0.717, 1.165) is 0 Å². The highest BCUT2D eigenvalue weighted by atomic mass is 16.7. The largest absolute Gasteiger partial charge is 0.462 e. The Morgan fingerprint density at radius 1 is 1.50 bits per heavy atom. The predicted octanol–water partition coefficient (Wildman–Crippen LogP) is 1.08. The van der Waals surface area contributed by atoms with Crippen molar-refractivity contribution in [1.29, 1.82) is 0 Å². The van der Waals surface area contributed by atoms with Gasteiger partial charge in [0.2, 0.25) is 6.79 Å². The van der Waals surface area contributed by atoms with Gasteiger partial charge in [-0.3, -0.25) is 0 Å². The number of aliphatic hydroxyl groups is 1. The van der Waals surface area contributed by atoms with Gasteiger partial charge in [-0.15, -0.1) is 0 Å². The molecule has 0 saturated heterocycles. The second-order valence-electron chi connectivity index (χ2n) is 3.21. The van der Waals surface area contributed by atoms with E-state index in [1.807, 2.05) is 0 Å². The first-order valence-electron chi connectivity index (χ1n) is 4.97. The van der Waals surface area contributed by atoms with Crippen LogP contribution < -0.4 is 9.47 Å². The number of hydrogen-bond donors (Lipinski definition) is 1. The third-order valence-electron chi connectivity index (χ3n) is 2.28. The molecule has 2 rings (SSSR count). The summed E-state index contributed by atoms with van der Waals surface area (Å²) in [4.78, 5) is 11.7. The molecule has 0 atom stereocenters. The molecule has 0 aromatic heterocycles. The quantitative estimate of drug-likeness (QED) is 0.778. The lowest BCUT2D eigenvalue weighted by Crippen LogP contribution is -2.09. The minimum absolute atomic E-state index is 0.0800. The Morgan fingerprint density at radius 3 is 3.00 bits per heavy atom. The van der Waals surface area contributed by atoms with Crippen molar-refractivity contribution in [2.75, 3.05) is 13.4 Å². The van der Waals surface area contributed by atoms with Crippen molar-refractivity contribution in [3.8, 4) is 11.5 Å². The SMILES string of the molecule is CCOC(=O)c1c(CO)ccc2c1OCO2. The maximum Gasteiger partial charge on any atom is 0.342 e. The van der Waals surface area contributed by atoms with Gasteiger partial charge in [0.1, 0.15) is 5.56 Å². The van der Waals surface area contributed by atoms with Crippen LogP contribution in [0.4, 0.5) is 0 Å². The zero-order chi connectivity index (χ0) is 11.5. The van der Waals surface area contributed by atoms with Gasteiger partial charge in [-0.1, -0.05) is 6.07 Å². The van der Waals surface area contributed by atoms with Crippen molar-refractivity contribution in [2.24, 2.45) is 0 Å². The van der Waals surface area contributed by atoms with Gasteiger partial charge in [0.25, 0.3) is 0 Å². The molecule has 16 heavy (non-hydrogen) atoms. The van der Waals surface area contributed by atoms with E-state index in [0.29, 0.717) is 17.1 Å². The fourth-order valence-electron chi connectivity index (χ4n) is 1.57. The first-order chi connectivity index (χ1) is 7.77. The Morgan fingerprint density at radius 2 is 2.31 bits per heavy atom. The van der Waals surface area contributed by atoms with Crippen LogP contribution in [0.5, 0.6) is 11.5 Å². The molecule has 1 aromatic carbocycles. The monoisotopic (exact) mass is 224 g/mol. The summed E-state index contributed by atoms with van der Waals surface area (Å²) in [5, 5.41) is 9.16. The van der Waals surface area contributed by atoms with Crippen LogP contribution in [-0.4, -0.2) is 24.5 Å². The van der Waals surface area contributed by atoms with E-state index >= 15 is 0 Å². The van der Waals surface area contributed by atoms with Crippen LogP contribution in [-0.2, 0) is 11.3 Å². The molecule has 1 aliphatic heterocycles. The van der Waals surface area contributed by atoms with Gasteiger partial charge in [-0.05, 0) is 18.6 Å². The molecule has 1 aromatic rings. The second kappa shape index (κ2) is 4.40. The lowest BCUT2D eigenvalue weighted by molar-refractivity contribution is 0.0518. The summed E-state index contributed by atoms with van der Waals surface area (Å²) in [6.45, 7) is 1.83. The lowest BCUT2D eigenvalue weighted by atomic mass is 10.1. The van der Waals surface area contributed by atoms with Gasteiger partial charge in [0, 0.05) is 0 Å². The second-order valence-corrected chi connectivity index (χ2v) is 3.21. The highest BCUT2D eigenvalue weighted by molar-refractivity contribution is 5.95. The number of aliphatic hydroxyl groups excluding tert-OH is 1. The molecule has 1 N–H and O–H groups in total. The number of rotatable bonds is 3. The molecule has 1 aliphatic rings. The molecule has 0 unspecified atom stereocenters. The Balaban J connectivity index is 2.47. The van der Waals surface area contributed by atoms with Crippen LogP contribution in [0.2, 0.25) is 0 Å². The van der Waals surface area contributed by atoms with Gasteiger partial charge >= 0.3 is 5.97 Å². The Bertz CT molecular complexity index is 413. The van der Waals surface area contributed by atoms with E-state index in [1.54, 1.807) is 19.1 Å². The summed E-state index contributed by atoms with van der Waals surface area (Å²) in [6, 6.07) is 3.29. The molecule has 0 radical (unpaired) electrons. The van der Waals surface area contributed by atoms with Gasteiger partial charge in [-0.25, -0.2) is 4.79 Å². The Kier molecular flexibility index (Phi) is 2.96. The fourth-order valence-corrected chi connectivity index (χ4v) is 1.57. The molecule has 0 spiro atoms. The van der Waals surface area contributed by atoms with Crippen molar-refractivity contribution in [3.05, 3.63) is 23.3 Å². The number of esters is 1. The molecular weight excluding hydrogens is 212 g/mol. The van der Waals surface area contributed by atoms with Crippen LogP contribution in [0.3, 0.4) is 0 Å². The standard InChI is InChI=1S/C11H12O5/c1-2-14-11(13)9-7(5-12)3-4-8-10(9)16-6-15-8/h3-4,12H,2,5-6H2,1H3. The van der Waals surface area contributed by atoms with Gasteiger partial charge in [0.05, 0.1) is 13.2 Å². The van der Waals surface area contributed by atoms with E-state index in [9.17, 15) is 4.79 Å². The van der Waals surface area contributed by atoms with Gasteiger partial charge in [0.15, 0.2) is 11.5 Å². The van der Waals surface area contributed by atoms with Crippen LogP contribution in [0.15, 0.2) is 12.1 Å². The van der Waals surface area contributed by atoms with Crippen LogP contribution >= 0.6 is 0 Å². The number of carbonyl (C=O) groups excluding carboxylic acids is 1. The normalized spacial score (nSPS) is 12.6. The molecule has 0 amide bonds. The Hall–Kier alpha value is -1.75. The maximum atomic E-state index is 11.7. The van der Waals surface area contributed by atoms with E-state index in [4.69, 9.17) is 19.3 Å². The molecule has 1 heterocycles. The molecule has 5 heteroatoms. The predicted molar refractivity (Wildman–Crippen MR) is 54.4 cm³/mol. The van der Waals surface area contributed by atoms with Crippen molar-refractivity contribution in [1.82, 2.24) is 0 Å². The first kappa shape index (κ1) is 10.8. The molecule has 86 valence electrons. The number of fused-ring (bicyclic) bond motifs is 1. The average Bonchev–Trinajstić information content (AvgIpc) is 2.75. The Labute approximate surface area is 92.5 Å². The van der Waals surface area contributed by atoms with E-state index in [2.05, 4.69) is 0 Å². The number of hydrogen-bond acceptors (Lipinski definition) is 5. The number of benzene rings is 1. The van der Waals surface area contributed by atoms with Gasteiger partial charge in [-0.2, -0.15) is 0 Å². The maximum absolute atomic E-state index is 11.7. The summed E-state index contributed by atoms with van der Waals surface area (Å²) in [5.74, 6) is 0.346. The topological polar surface area (TPSA) is 65.0 Å². The lowest BCUT2D eigenvalue weighted by Gasteiger charge is -2.09. The smallest absolute Gasteiger partial charge is 0.342 e. The zero-order valence-corrected chi connectivity index (χ0v) is 8.86. The van der Waals surface area contributed by atoms with Crippen molar-refractivity contribution in [3.63, 3.8) is 0 Å². The highest BCUT2D eigenvalue weighted by Gasteiger charge is 2.26. The summed E-state index contributed by atoms with van der Waals surface area (Å²) in [5.41, 5.74) is 0.724. The van der Waals surface area contributed by atoms with Crippen molar-refractivity contribution in [2.45, 2.75) is 13.5 Å². The number of ether oxygens (including phenoxy) is 3. The fraction of sp³-hybridized carbons (Fsp3) is 0.364. The van der Waals surface area contributed by atoms with E-state index < -0.39 is 5.97 Å². The molecular formula is C11H12O5. The highest BCUT2D eigenvalue weighted by Crippen LogP contribution is 2.37. The summed E-state index contributed by atoms with van der Waals surface area (Å²) >= 11 is 0. The molecule has 0 saturated carbocycles. The molecule has 0 bridgehead atoms. The minimum Gasteiger partial charge on any atom is -0.462 e. The first-order valence-corrected chi connectivity index (χ1v) is 4.97. The van der Waals surface area contributed by atoms with Crippen LogP contribution in [0.25, 0.3) is 0 Å². The minimum atomic E-state index is -0.506. The number of carbonyl (C=O) groups is 1.